The lowest BCUT2D eigenvalue weighted by atomic mass is 9.90. The molecule has 1 aliphatic carbocycles. The van der Waals surface area contributed by atoms with Gasteiger partial charge in [0.05, 0.1) is 11.1 Å². The molecule has 0 aliphatic heterocycles. The number of aromatic nitrogens is 1. The monoisotopic (exact) mass is 536 g/mol. The molecular weight excluding hydrogens is 514 g/mol. The average Bonchev–Trinajstić information content (AvgIpc) is 3.32. The third-order valence-corrected chi connectivity index (χ3v) is 6.90. The molecule has 11 heteroatoms. The minimum absolute atomic E-state index is 0.0770. The number of halogens is 3. The van der Waals surface area contributed by atoms with Crippen molar-refractivity contribution in [3.63, 3.8) is 0 Å². The normalized spacial score (nSPS) is 17.5. The van der Waals surface area contributed by atoms with Crippen molar-refractivity contribution in [3.05, 3.63) is 74.4 Å². The molecule has 0 bridgehead atoms. The van der Waals surface area contributed by atoms with Crippen molar-refractivity contribution >= 4 is 52.2 Å². The Hall–Kier alpha value is -2.88. The third-order valence-electron chi connectivity index (χ3n) is 5.54. The van der Waals surface area contributed by atoms with Crippen LogP contribution in [0.1, 0.15) is 41.2 Å². The predicted octanol–water partition coefficient (Wildman–Crippen LogP) is 6.03. The van der Waals surface area contributed by atoms with E-state index in [9.17, 15) is 14.0 Å². The third kappa shape index (κ3) is 7.06. The van der Waals surface area contributed by atoms with Gasteiger partial charge in [0.25, 0.3) is 5.91 Å². The molecule has 35 heavy (non-hydrogen) atoms. The fraction of sp³-hybridized carbons (Fsp3) is 0.292. The predicted molar refractivity (Wildman–Crippen MR) is 135 cm³/mol. The van der Waals surface area contributed by atoms with Crippen molar-refractivity contribution in [2.45, 2.75) is 44.4 Å². The van der Waals surface area contributed by atoms with Gasteiger partial charge in [0.15, 0.2) is 0 Å². The Bertz CT molecular complexity index is 1190. The van der Waals surface area contributed by atoms with E-state index in [1.807, 2.05) is 0 Å². The Morgan fingerprint density at radius 2 is 1.77 bits per heavy atom. The molecule has 0 unspecified atom stereocenters. The maximum atomic E-state index is 13.3. The molecule has 2 aromatic carbocycles. The Morgan fingerprint density at radius 3 is 2.49 bits per heavy atom. The Morgan fingerprint density at radius 1 is 1.06 bits per heavy atom. The maximum Gasteiger partial charge on any atom is 0.319 e. The minimum Gasteiger partial charge on any atom is -0.486 e. The van der Waals surface area contributed by atoms with Gasteiger partial charge in [-0.15, -0.1) is 11.3 Å². The first kappa shape index (κ1) is 25.2. The van der Waals surface area contributed by atoms with Gasteiger partial charge in [-0.05, 0) is 55.3 Å². The van der Waals surface area contributed by atoms with Gasteiger partial charge in [0.1, 0.15) is 28.9 Å². The van der Waals surface area contributed by atoms with Crippen LogP contribution in [-0.2, 0) is 6.61 Å². The van der Waals surface area contributed by atoms with Crippen molar-refractivity contribution in [2.24, 2.45) is 0 Å². The van der Waals surface area contributed by atoms with Gasteiger partial charge in [0.2, 0.25) is 0 Å². The summed E-state index contributed by atoms with van der Waals surface area (Å²) in [4.78, 5) is 29.7. The van der Waals surface area contributed by atoms with Crippen LogP contribution in [0.4, 0.5) is 14.9 Å². The molecule has 1 fully saturated rings. The van der Waals surface area contributed by atoms with Crippen LogP contribution in [0.5, 0.6) is 5.75 Å². The van der Waals surface area contributed by atoms with E-state index in [0.717, 1.165) is 25.7 Å². The van der Waals surface area contributed by atoms with Crippen molar-refractivity contribution in [2.75, 3.05) is 5.32 Å². The van der Waals surface area contributed by atoms with Crippen molar-refractivity contribution in [1.29, 1.82) is 0 Å². The number of benzene rings is 2. The number of anilines is 1. The first-order chi connectivity index (χ1) is 16.9. The summed E-state index contributed by atoms with van der Waals surface area (Å²) in [5, 5.41) is 11.5. The van der Waals surface area contributed by atoms with E-state index in [0.29, 0.717) is 27.2 Å². The summed E-state index contributed by atoms with van der Waals surface area (Å²) in [5.74, 6) is -0.203. The molecule has 1 heterocycles. The van der Waals surface area contributed by atoms with E-state index in [2.05, 4.69) is 20.9 Å². The van der Waals surface area contributed by atoms with Crippen LogP contribution in [0.15, 0.2) is 47.8 Å². The topological polar surface area (TPSA) is 92.4 Å². The van der Waals surface area contributed by atoms with Gasteiger partial charge < -0.3 is 20.7 Å². The van der Waals surface area contributed by atoms with Crippen molar-refractivity contribution in [3.8, 4) is 5.75 Å². The lowest BCUT2D eigenvalue weighted by Gasteiger charge is -2.32. The Labute approximate surface area is 216 Å². The molecule has 0 saturated heterocycles. The smallest absolute Gasteiger partial charge is 0.319 e. The molecule has 0 radical (unpaired) electrons. The zero-order valence-electron chi connectivity index (χ0n) is 18.5. The summed E-state index contributed by atoms with van der Waals surface area (Å²) in [5.41, 5.74) is 0.681. The molecule has 4 rings (SSSR count). The summed E-state index contributed by atoms with van der Waals surface area (Å²) in [6.07, 6.45) is 3.33. The zero-order valence-corrected chi connectivity index (χ0v) is 20.9. The van der Waals surface area contributed by atoms with Gasteiger partial charge >= 0.3 is 6.03 Å². The van der Waals surface area contributed by atoms with Gasteiger partial charge in [-0.2, -0.15) is 0 Å². The summed E-state index contributed by atoms with van der Waals surface area (Å²) in [6, 6.07) is 10.0. The van der Waals surface area contributed by atoms with E-state index in [4.69, 9.17) is 27.9 Å². The number of thiazole rings is 1. The number of nitrogens with one attached hydrogen (secondary N) is 3. The number of rotatable bonds is 7. The maximum absolute atomic E-state index is 13.3. The molecule has 1 aliphatic rings. The minimum atomic E-state index is -0.561. The number of nitrogens with zero attached hydrogens (tertiary/aromatic N) is 1. The second-order valence-corrected chi connectivity index (χ2v) is 9.85. The highest BCUT2D eigenvalue weighted by molar-refractivity contribution is 7.09. The molecule has 0 spiro atoms. The number of amides is 3. The second-order valence-electron chi connectivity index (χ2n) is 8.07. The van der Waals surface area contributed by atoms with E-state index in [1.54, 1.807) is 29.6 Å². The molecule has 1 saturated carbocycles. The van der Waals surface area contributed by atoms with E-state index >= 15 is 0 Å². The summed E-state index contributed by atoms with van der Waals surface area (Å²) < 4.78 is 19.0. The van der Waals surface area contributed by atoms with E-state index in [-0.39, 0.29) is 29.6 Å². The van der Waals surface area contributed by atoms with E-state index < -0.39 is 11.8 Å². The highest BCUT2D eigenvalue weighted by Gasteiger charge is 2.29. The quantitative estimate of drug-likeness (QED) is 0.343. The number of ether oxygens (including phenoxy) is 1. The van der Waals surface area contributed by atoms with Gasteiger partial charge in [-0.1, -0.05) is 36.0 Å². The number of carbonyl (C=O) groups excluding carboxylic acids is 2. The zero-order chi connectivity index (χ0) is 24.8. The second kappa shape index (κ2) is 11.7. The molecule has 1 aromatic heterocycles. The molecule has 7 nitrogen and oxygen atoms in total. The largest absolute Gasteiger partial charge is 0.486 e. The Kier molecular flexibility index (Phi) is 8.43. The lowest BCUT2D eigenvalue weighted by molar-refractivity contribution is 0.0911. The molecule has 2 atom stereocenters. The number of hydrogen-bond donors (Lipinski definition) is 3. The fourth-order valence-corrected chi connectivity index (χ4v) is 4.78. The lowest BCUT2D eigenvalue weighted by Crippen LogP contribution is -2.54. The molecule has 3 aromatic rings. The summed E-state index contributed by atoms with van der Waals surface area (Å²) in [6.45, 7) is 0.237. The van der Waals surface area contributed by atoms with Gasteiger partial charge in [-0.3, -0.25) is 4.79 Å². The van der Waals surface area contributed by atoms with Crippen LogP contribution in [0, 0.1) is 5.82 Å². The first-order valence-electron chi connectivity index (χ1n) is 11.0. The van der Waals surface area contributed by atoms with Crippen molar-refractivity contribution in [1.82, 2.24) is 15.6 Å². The van der Waals surface area contributed by atoms with Crippen LogP contribution in [-0.4, -0.2) is 29.0 Å². The van der Waals surface area contributed by atoms with Crippen molar-refractivity contribution < 1.29 is 18.7 Å². The molecule has 184 valence electrons. The van der Waals surface area contributed by atoms with Crippen LogP contribution >= 0.6 is 34.5 Å². The van der Waals surface area contributed by atoms with Crippen LogP contribution < -0.4 is 20.7 Å². The summed E-state index contributed by atoms with van der Waals surface area (Å²) in [7, 11) is 0. The van der Waals surface area contributed by atoms with Gasteiger partial charge in [-0.25, -0.2) is 14.2 Å². The SMILES string of the molecule is O=C(Nc1ccc(F)c(Cl)c1)N[C@@H]1CCCC[C@@H]1NC(=O)c1csc(COc2ccc(Cl)cc2)n1. The fourth-order valence-electron chi connectivity index (χ4n) is 3.79. The van der Waals surface area contributed by atoms with E-state index in [1.165, 1.54) is 29.5 Å². The molecule has 3 N–H and O–H groups in total. The Balaban J connectivity index is 1.31. The number of carbonyl (C=O) groups is 2. The highest BCUT2D eigenvalue weighted by atomic mass is 35.5. The standard InChI is InChI=1S/C24H23Cl2FN4O3S/c25-14-5-8-16(9-6-14)34-12-22-29-21(13-35-22)23(32)30-19-3-1-2-4-20(19)31-24(33)28-15-7-10-18(27)17(26)11-15/h5-11,13,19-20H,1-4,12H2,(H,30,32)(H2,28,31,33)/t19-,20+/m0/s1. The highest BCUT2D eigenvalue weighted by Crippen LogP contribution is 2.22. The number of urea groups is 1. The summed E-state index contributed by atoms with van der Waals surface area (Å²) >= 11 is 13.0. The average molecular weight is 537 g/mol. The number of hydrogen-bond acceptors (Lipinski definition) is 5. The first-order valence-corrected chi connectivity index (χ1v) is 12.7. The van der Waals surface area contributed by atoms with Crippen LogP contribution in [0.3, 0.4) is 0 Å². The van der Waals surface area contributed by atoms with Crippen LogP contribution in [0.25, 0.3) is 0 Å². The van der Waals surface area contributed by atoms with Crippen LogP contribution in [0.2, 0.25) is 10.0 Å². The molecular formula is C24H23Cl2FN4O3S. The van der Waals surface area contributed by atoms with Gasteiger partial charge in [0, 0.05) is 22.1 Å². The molecule has 3 amide bonds.